The average molecular weight is 413 g/mol. The Morgan fingerprint density at radius 1 is 0.857 bits per heavy atom. The fourth-order valence-electron chi connectivity index (χ4n) is 1.47. The number of aldehydes is 1. The van der Waals surface area contributed by atoms with E-state index in [9.17, 15) is 13.6 Å². The number of carbonyl (C=O) groups is 1. The predicted octanol–water partition coefficient (Wildman–Crippen LogP) is 3.34. The highest BCUT2D eigenvalue weighted by molar-refractivity contribution is 6.16. The Hall–Kier alpha value is -3.17. The van der Waals surface area contributed by atoms with Crippen LogP contribution < -0.4 is 16.6 Å². The second kappa shape index (κ2) is 18.6. The summed E-state index contributed by atoms with van der Waals surface area (Å²) in [6, 6.07) is 11.9. The minimum atomic E-state index is -0.346. The van der Waals surface area contributed by atoms with Gasteiger partial charge in [0, 0.05) is 13.3 Å². The first-order valence-corrected chi connectivity index (χ1v) is 7.67. The lowest BCUT2D eigenvalue weighted by Crippen LogP contribution is -1.90. The third kappa shape index (κ3) is 14.0. The van der Waals surface area contributed by atoms with Gasteiger partial charge in [0.25, 0.3) is 0 Å². The Labute approximate surface area is 168 Å². The van der Waals surface area contributed by atoms with E-state index < -0.39 is 0 Å². The summed E-state index contributed by atoms with van der Waals surface area (Å²) >= 11 is 0. The van der Waals surface area contributed by atoms with Gasteiger partial charge in [0.1, 0.15) is 11.6 Å². The van der Waals surface area contributed by atoms with Crippen LogP contribution in [-0.4, -0.2) is 39.0 Å². The zero-order valence-corrected chi connectivity index (χ0v) is 16.2. The van der Waals surface area contributed by atoms with E-state index in [1.807, 2.05) is 0 Å². The SMILES string of the molecule is CN.CN=C/C=N/Nc1cccc(F)c1.Cl.O=C/C=N/Nc1cccc(F)c1. The van der Waals surface area contributed by atoms with E-state index in [2.05, 4.69) is 31.8 Å². The molecule has 0 fully saturated rings. The molecule has 4 N–H and O–H groups in total. The standard InChI is InChI=1S/C9H10FN3.C8H7FN2O.CH5N.ClH/c1-11-5-6-12-13-9-4-2-3-8(10)7-9;9-7-2-1-3-8(6-7)11-10-4-5-12;1-2;/h2-7,13H,1H3;1-6,11H;2H2,1H3;1H/b11-5?,12-6+;10-4+;;. The van der Waals surface area contributed by atoms with Gasteiger partial charge in [0.15, 0.2) is 6.29 Å². The maximum Gasteiger partial charge on any atom is 0.162 e. The van der Waals surface area contributed by atoms with Crippen molar-refractivity contribution in [2.24, 2.45) is 20.9 Å². The molecule has 152 valence electrons. The fourth-order valence-corrected chi connectivity index (χ4v) is 1.47. The summed E-state index contributed by atoms with van der Waals surface area (Å²) in [5.74, 6) is -0.634. The van der Waals surface area contributed by atoms with Gasteiger partial charge in [0.05, 0.1) is 23.8 Å². The van der Waals surface area contributed by atoms with Gasteiger partial charge in [-0.05, 0) is 43.4 Å². The molecule has 0 amide bonds. The van der Waals surface area contributed by atoms with Crippen molar-refractivity contribution in [1.82, 2.24) is 0 Å². The lowest BCUT2D eigenvalue weighted by molar-refractivity contribution is -0.102. The first-order valence-electron chi connectivity index (χ1n) is 7.67. The molecule has 28 heavy (non-hydrogen) atoms. The first kappa shape index (κ1) is 27.1. The van der Waals surface area contributed by atoms with Gasteiger partial charge in [0.2, 0.25) is 0 Å². The molecule has 0 spiro atoms. The molecule has 0 atom stereocenters. The van der Waals surface area contributed by atoms with Crippen LogP contribution >= 0.6 is 12.4 Å². The molecule has 2 aromatic rings. The largest absolute Gasteiger partial charge is 0.333 e. The summed E-state index contributed by atoms with van der Waals surface area (Å²) in [4.78, 5) is 13.5. The molecule has 10 heteroatoms. The Balaban J connectivity index is 0. The molecule has 7 nitrogen and oxygen atoms in total. The molecule has 0 radical (unpaired) electrons. The van der Waals surface area contributed by atoms with Crippen molar-refractivity contribution >= 4 is 48.7 Å². The van der Waals surface area contributed by atoms with Crippen molar-refractivity contribution in [2.45, 2.75) is 0 Å². The molecule has 0 unspecified atom stereocenters. The zero-order chi connectivity index (χ0) is 20.3. The number of aliphatic imine (C=N–C) groups is 1. The molecule has 2 rings (SSSR count). The van der Waals surface area contributed by atoms with E-state index in [0.717, 1.165) is 6.21 Å². The number of halogens is 3. The van der Waals surface area contributed by atoms with E-state index in [1.54, 1.807) is 31.3 Å². The van der Waals surface area contributed by atoms with Crippen LogP contribution in [0, 0.1) is 11.6 Å². The van der Waals surface area contributed by atoms with Gasteiger partial charge < -0.3 is 5.73 Å². The molecule has 0 heterocycles. The lowest BCUT2D eigenvalue weighted by Gasteiger charge is -1.97. The van der Waals surface area contributed by atoms with Crippen LogP contribution in [0.3, 0.4) is 0 Å². The number of hydrogen-bond acceptors (Lipinski definition) is 7. The molecule has 0 saturated heterocycles. The first-order chi connectivity index (χ1) is 13.2. The second-order valence-electron chi connectivity index (χ2n) is 4.34. The van der Waals surface area contributed by atoms with Crippen LogP contribution in [0.1, 0.15) is 0 Å². The van der Waals surface area contributed by atoms with E-state index in [-0.39, 0.29) is 24.0 Å². The molecule has 0 aliphatic carbocycles. The summed E-state index contributed by atoms with van der Waals surface area (Å²) in [6.45, 7) is 0. The summed E-state index contributed by atoms with van der Waals surface area (Å²) in [5.41, 5.74) is 10.8. The molecule has 2 aromatic carbocycles. The van der Waals surface area contributed by atoms with Crippen molar-refractivity contribution in [3.05, 3.63) is 60.2 Å². The number of benzene rings is 2. The van der Waals surface area contributed by atoms with E-state index in [0.29, 0.717) is 17.7 Å². The Kier molecular flexibility index (Phi) is 18.0. The van der Waals surface area contributed by atoms with Crippen LogP contribution in [0.4, 0.5) is 20.2 Å². The van der Waals surface area contributed by atoms with E-state index in [1.165, 1.54) is 43.7 Å². The van der Waals surface area contributed by atoms with Gasteiger partial charge in [-0.15, -0.1) is 12.4 Å². The number of nitrogens with zero attached hydrogens (tertiary/aromatic N) is 3. The Morgan fingerprint density at radius 3 is 1.71 bits per heavy atom. The number of nitrogens with one attached hydrogen (secondary N) is 2. The van der Waals surface area contributed by atoms with Crippen LogP contribution in [0.15, 0.2) is 63.7 Å². The minimum absolute atomic E-state index is 0. The molecule has 0 aliphatic heterocycles. The highest BCUT2D eigenvalue weighted by atomic mass is 35.5. The van der Waals surface area contributed by atoms with Crippen LogP contribution in [0.5, 0.6) is 0 Å². The number of rotatable bonds is 6. The van der Waals surface area contributed by atoms with E-state index in [4.69, 9.17) is 0 Å². The van der Waals surface area contributed by atoms with Gasteiger partial charge in [-0.1, -0.05) is 12.1 Å². The summed E-state index contributed by atoms with van der Waals surface area (Å²) in [5, 5.41) is 7.27. The van der Waals surface area contributed by atoms with Crippen molar-refractivity contribution in [2.75, 3.05) is 24.9 Å². The summed E-state index contributed by atoms with van der Waals surface area (Å²) in [7, 11) is 3.15. The Bertz CT molecular complexity index is 756. The number of carbonyl (C=O) groups excluding carboxylic acids is 1. The molecular formula is C18H23ClF2N6O. The fraction of sp³-hybridized carbons (Fsp3) is 0.111. The zero-order valence-electron chi connectivity index (χ0n) is 15.4. The Morgan fingerprint density at radius 2 is 1.32 bits per heavy atom. The summed E-state index contributed by atoms with van der Waals surface area (Å²) in [6.07, 6.45) is 4.61. The van der Waals surface area contributed by atoms with Crippen molar-refractivity contribution < 1.29 is 13.6 Å². The van der Waals surface area contributed by atoms with Gasteiger partial charge >= 0.3 is 0 Å². The molecule has 0 aliphatic rings. The molecule has 0 bridgehead atoms. The topological polar surface area (TPSA) is 104 Å². The quantitative estimate of drug-likeness (QED) is 0.384. The van der Waals surface area contributed by atoms with Crippen molar-refractivity contribution in [3.8, 4) is 0 Å². The van der Waals surface area contributed by atoms with Crippen molar-refractivity contribution in [3.63, 3.8) is 0 Å². The number of hydrogen-bond donors (Lipinski definition) is 3. The highest BCUT2D eigenvalue weighted by Crippen LogP contribution is 2.08. The normalized spacial score (nSPS) is 9.75. The van der Waals surface area contributed by atoms with Crippen LogP contribution in [-0.2, 0) is 4.79 Å². The average Bonchev–Trinajstić information content (AvgIpc) is 2.68. The lowest BCUT2D eigenvalue weighted by atomic mass is 10.3. The summed E-state index contributed by atoms with van der Waals surface area (Å²) < 4.78 is 25.1. The molecule has 0 saturated carbocycles. The van der Waals surface area contributed by atoms with Crippen molar-refractivity contribution in [1.29, 1.82) is 0 Å². The number of nitrogens with two attached hydrogens (primary N) is 1. The minimum Gasteiger partial charge on any atom is -0.333 e. The third-order valence-electron chi connectivity index (χ3n) is 2.46. The highest BCUT2D eigenvalue weighted by Gasteiger charge is 1.91. The third-order valence-corrected chi connectivity index (χ3v) is 2.46. The number of hydrazone groups is 2. The van der Waals surface area contributed by atoms with Crippen LogP contribution in [0.25, 0.3) is 0 Å². The van der Waals surface area contributed by atoms with E-state index >= 15 is 0 Å². The monoisotopic (exact) mass is 412 g/mol. The maximum absolute atomic E-state index is 12.6. The van der Waals surface area contributed by atoms with Gasteiger partial charge in [-0.2, -0.15) is 10.2 Å². The van der Waals surface area contributed by atoms with Gasteiger partial charge in [-0.25, -0.2) is 8.78 Å². The predicted molar refractivity (Wildman–Crippen MR) is 115 cm³/mol. The van der Waals surface area contributed by atoms with Crippen LogP contribution in [0.2, 0.25) is 0 Å². The maximum atomic E-state index is 12.6. The molecule has 0 aromatic heterocycles. The smallest absolute Gasteiger partial charge is 0.162 e. The van der Waals surface area contributed by atoms with Gasteiger partial charge in [-0.3, -0.25) is 20.6 Å². The number of anilines is 2. The molecular weight excluding hydrogens is 390 g/mol. The second-order valence-corrected chi connectivity index (χ2v) is 4.34.